The van der Waals surface area contributed by atoms with Gasteiger partial charge in [0, 0.05) is 6.20 Å². The van der Waals surface area contributed by atoms with E-state index in [0.717, 1.165) is 12.2 Å². The summed E-state index contributed by atoms with van der Waals surface area (Å²) in [7, 11) is 0. The second kappa shape index (κ2) is 4.83. The highest BCUT2D eigenvalue weighted by atomic mass is 32.1. The molecule has 64 valence electrons. The fraction of sp³-hybridized carbons (Fsp3) is 0.222. The van der Waals surface area contributed by atoms with Crippen LogP contribution >= 0.6 is 12.6 Å². The van der Waals surface area contributed by atoms with Crippen LogP contribution in [0.3, 0.4) is 0 Å². The third-order valence-corrected chi connectivity index (χ3v) is 1.65. The van der Waals surface area contributed by atoms with Crippen molar-refractivity contribution in [3.05, 3.63) is 30.1 Å². The van der Waals surface area contributed by atoms with Gasteiger partial charge in [0.15, 0.2) is 0 Å². The van der Waals surface area contributed by atoms with Gasteiger partial charge in [-0.1, -0.05) is 6.08 Å². The van der Waals surface area contributed by atoms with Gasteiger partial charge in [0.25, 0.3) is 0 Å². The Morgan fingerprint density at radius 3 is 3.08 bits per heavy atom. The molecular formula is C9H11NOS. The molecule has 12 heavy (non-hydrogen) atoms. The molecule has 1 aromatic heterocycles. The summed E-state index contributed by atoms with van der Waals surface area (Å²) >= 11 is 4.06. The molecule has 3 heteroatoms. The van der Waals surface area contributed by atoms with Crippen molar-refractivity contribution in [2.75, 3.05) is 5.75 Å². The Kier molecular flexibility index (Phi) is 3.67. The molecule has 0 amide bonds. The van der Waals surface area contributed by atoms with Gasteiger partial charge in [0.2, 0.25) is 0 Å². The minimum atomic E-state index is 0.216. The van der Waals surface area contributed by atoms with Gasteiger partial charge < -0.3 is 5.11 Å². The molecule has 0 fully saturated rings. The number of nitrogens with zero attached hydrogens (tertiary/aromatic N) is 1. The maximum Gasteiger partial charge on any atom is 0.141 e. The van der Waals surface area contributed by atoms with Gasteiger partial charge in [-0.2, -0.15) is 12.6 Å². The predicted octanol–water partition coefficient (Wildman–Crippen LogP) is 2.12. The predicted molar refractivity (Wildman–Crippen MR) is 53.4 cm³/mol. The van der Waals surface area contributed by atoms with Crippen molar-refractivity contribution in [2.24, 2.45) is 0 Å². The molecule has 0 aliphatic carbocycles. The van der Waals surface area contributed by atoms with Crippen molar-refractivity contribution in [1.29, 1.82) is 0 Å². The van der Waals surface area contributed by atoms with Gasteiger partial charge in [-0.3, -0.25) is 4.98 Å². The zero-order valence-corrected chi connectivity index (χ0v) is 7.54. The Hall–Kier alpha value is -0.960. The van der Waals surface area contributed by atoms with Gasteiger partial charge in [-0.05, 0) is 30.4 Å². The summed E-state index contributed by atoms with van der Waals surface area (Å²) < 4.78 is 0. The molecule has 0 saturated carbocycles. The summed E-state index contributed by atoms with van der Waals surface area (Å²) in [6, 6.07) is 3.32. The largest absolute Gasteiger partial charge is 0.506 e. The van der Waals surface area contributed by atoms with E-state index in [2.05, 4.69) is 17.6 Å². The van der Waals surface area contributed by atoms with Crippen LogP contribution in [0.4, 0.5) is 0 Å². The van der Waals surface area contributed by atoms with E-state index in [-0.39, 0.29) is 5.75 Å². The second-order valence-electron chi connectivity index (χ2n) is 2.32. The van der Waals surface area contributed by atoms with Crippen LogP contribution in [-0.2, 0) is 0 Å². The number of allylic oxidation sites excluding steroid dienone is 1. The molecule has 1 heterocycles. The number of aromatic hydroxyl groups is 1. The summed E-state index contributed by atoms with van der Waals surface area (Å²) in [4.78, 5) is 3.99. The smallest absolute Gasteiger partial charge is 0.141 e. The van der Waals surface area contributed by atoms with Crippen molar-refractivity contribution in [1.82, 2.24) is 4.98 Å². The van der Waals surface area contributed by atoms with Crippen molar-refractivity contribution in [3.63, 3.8) is 0 Å². The molecule has 0 aromatic carbocycles. The lowest BCUT2D eigenvalue weighted by Gasteiger charge is -1.94. The standard InChI is InChI=1S/C9H11NOS/c11-9-5-3-6-10-8(9)4-1-2-7-12/h1,3-6,11-12H,2,7H2. The Morgan fingerprint density at radius 1 is 1.58 bits per heavy atom. The van der Waals surface area contributed by atoms with Crippen LogP contribution in [0.15, 0.2) is 24.4 Å². The zero-order chi connectivity index (χ0) is 8.81. The topological polar surface area (TPSA) is 33.1 Å². The van der Waals surface area contributed by atoms with Crippen molar-refractivity contribution in [3.8, 4) is 5.75 Å². The first-order valence-corrected chi connectivity index (χ1v) is 4.39. The van der Waals surface area contributed by atoms with Crippen molar-refractivity contribution >= 4 is 18.7 Å². The second-order valence-corrected chi connectivity index (χ2v) is 2.77. The number of rotatable bonds is 3. The summed E-state index contributed by atoms with van der Waals surface area (Å²) in [5.74, 6) is 1.03. The molecule has 0 unspecified atom stereocenters. The molecule has 0 radical (unpaired) electrons. The first-order valence-electron chi connectivity index (χ1n) is 3.76. The van der Waals surface area contributed by atoms with E-state index >= 15 is 0 Å². The monoisotopic (exact) mass is 181 g/mol. The number of thiol groups is 1. The summed E-state index contributed by atoms with van der Waals surface area (Å²) in [5, 5.41) is 9.28. The first-order chi connectivity index (χ1) is 5.84. The number of aromatic nitrogens is 1. The molecule has 1 aromatic rings. The van der Waals surface area contributed by atoms with Gasteiger partial charge in [-0.25, -0.2) is 0 Å². The third-order valence-electron chi connectivity index (χ3n) is 1.39. The maximum atomic E-state index is 9.28. The Balaban J connectivity index is 2.68. The lowest BCUT2D eigenvalue weighted by Crippen LogP contribution is -1.79. The average Bonchev–Trinajstić information content (AvgIpc) is 2.09. The van der Waals surface area contributed by atoms with Crippen LogP contribution in [0.5, 0.6) is 5.75 Å². The molecule has 0 bridgehead atoms. The van der Waals surface area contributed by atoms with Gasteiger partial charge >= 0.3 is 0 Å². The van der Waals surface area contributed by atoms with Crippen LogP contribution in [0.25, 0.3) is 6.08 Å². The Bertz CT molecular complexity index is 273. The van der Waals surface area contributed by atoms with Crippen molar-refractivity contribution in [2.45, 2.75) is 6.42 Å². The van der Waals surface area contributed by atoms with Gasteiger partial charge in [0.05, 0.1) is 0 Å². The van der Waals surface area contributed by atoms with Crippen LogP contribution in [0.1, 0.15) is 12.1 Å². The van der Waals surface area contributed by atoms with E-state index in [1.54, 1.807) is 24.4 Å². The summed E-state index contributed by atoms with van der Waals surface area (Å²) in [5.41, 5.74) is 0.610. The molecule has 0 aliphatic heterocycles. The number of pyridine rings is 1. The Labute approximate surface area is 77.4 Å². The molecule has 1 N–H and O–H groups in total. The van der Waals surface area contributed by atoms with Crippen LogP contribution in [0, 0.1) is 0 Å². The van der Waals surface area contributed by atoms with E-state index < -0.39 is 0 Å². The highest BCUT2D eigenvalue weighted by molar-refractivity contribution is 7.80. The van der Waals surface area contributed by atoms with Gasteiger partial charge in [-0.15, -0.1) is 0 Å². The fourth-order valence-electron chi connectivity index (χ4n) is 0.807. The van der Waals surface area contributed by atoms with Crippen LogP contribution < -0.4 is 0 Å². The fourth-order valence-corrected chi connectivity index (χ4v) is 0.956. The number of hydrogen-bond acceptors (Lipinski definition) is 3. The summed E-state index contributed by atoms with van der Waals surface area (Å²) in [6.07, 6.45) is 6.28. The normalized spacial score (nSPS) is 10.8. The molecule has 0 spiro atoms. The molecule has 0 aliphatic rings. The average molecular weight is 181 g/mol. The quantitative estimate of drug-likeness (QED) is 0.700. The lowest BCUT2D eigenvalue weighted by atomic mass is 10.3. The SMILES string of the molecule is Oc1cccnc1C=CCCS. The van der Waals surface area contributed by atoms with Crippen LogP contribution in [0.2, 0.25) is 0 Å². The minimum Gasteiger partial charge on any atom is -0.506 e. The Morgan fingerprint density at radius 2 is 2.42 bits per heavy atom. The first kappa shape index (κ1) is 9.13. The molecular weight excluding hydrogens is 170 g/mol. The van der Waals surface area contributed by atoms with E-state index in [4.69, 9.17) is 0 Å². The zero-order valence-electron chi connectivity index (χ0n) is 6.64. The molecule has 2 nitrogen and oxygen atoms in total. The highest BCUT2D eigenvalue weighted by Gasteiger charge is 1.93. The minimum absolute atomic E-state index is 0.216. The van der Waals surface area contributed by atoms with E-state index in [1.165, 1.54) is 0 Å². The van der Waals surface area contributed by atoms with Crippen LogP contribution in [-0.4, -0.2) is 15.8 Å². The third kappa shape index (κ3) is 2.58. The molecule has 0 atom stereocenters. The van der Waals surface area contributed by atoms with Gasteiger partial charge in [0.1, 0.15) is 11.4 Å². The molecule has 1 rings (SSSR count). The summed E-state index contributed by atoms with van der Waals surface area (Å²) in [6.45, 7) is 0. The maximum absolute atomic E-state index is 9.28. The lowest BCUT2D eigenvalue weighted by molar-refractivity contribution is 0.471. The van der Waals surface area contributed by atoms with E-state index in [0.29, 0.717) is 5.69 Å². The molecule has 0 saturated heterocycles. The number of hydrogen-bond donors (Lipinski definition) is 2. The van der Waals surface area contributed by atoms with E-state index in [1.807, 2.05) is 6.08 Å². The van der Waals surface area contributed by atoms with Crippen molar-refractivity contribution < 1.29 is 5.11 Å². The highest BCUT2D eigenvalue weighted by Crippen LogP contribution is 2.13. The van der Waals surface area contributed by atoms with E-state index in [9.17, 15) is 5.11 Å².